The molecule has 2 saturated heterocycles. The quantitative estimate of drug-likeness (QED) is 0.838. The average Bonchev–Trinajstić information content (AvgIpc) is 3.11. The van der Waals surface area contributed by atoms with Gasteiger partial charge in [-0.3, -0.25) is 4.79 Å². The number of fused-ring (bicyclic) bond motifs is 1. The Hall–Kier alpha value is -1.79. The zero-order valence-corrected chi connectivity index (χ0v) is 14.4. The van der Waals surface area contributed by atoms with E-state index in [0.717, 1.165) is 37.5 Å². The molecule has 5 nitrogen and oxygen atoms in total. The first-order valence-corrected chi connectivity index (χ1v) is 9.31. The monoisotopic (exact) mass is 344 g/mol. The third kappa shape index (κ3) is 2.96. The first-order valence-electron chi connectivity index (χ1n) is 8.26. The maximum absolute atomic E-state index is 12.9. The van der Waals surface area contributed by atoms with Crippen molar-refractivity contribution in [1.29, 1.82) is 0 Å². The van der Waals surface area contributed by atoms with Crippen LogP contribution in [0.25, 0.3) is 11.3 Å². The van der Waals surface area contributed by atoms with E-state index in [1.807, 2.05) is 47.9 Å². The lowest BCUT2D eigenvalue weighted by atomic mass is 10.1. The molecule has 1 aromatic heterocycles. The van der Waals surface area contributed by atoms with E-state index in [0.29, 0.717) is 16.7 Å². The van der Waals surface area contributed by atoms with Gasteiger partial charge in [-0.15, -0.1) is 0 Å². The SMILES string of the molecule is Cc1ccc(-c2cc(C(=O)N3CCS[C@H]4COCC[C@@H]43)on2)cc1. The van der Waals surface area contributed by atoms with E-state index in [-0.39, 0.29) is 11.9 Å². The van der Waals surface area contributed by atoms with Crippen LogP contribution >= 0.6 is 11.8 Å². The lowest BCUT2D eigenvalue weighted by Crippen LogP contribution is -2.54. The van der Waals surface area contributed by atoms with Gasteiger partial charge in [0, 0.05) is 41.8 Å². The number of aryl methyl sites for hydroxylation is 1. The van der Waals surface area contributed by atoms with Gasteiger partial charge in [-0.2, -0.15) is 11.8 Å². The zero-order valence-electron chi connectivity index (χ0n) is 13.6. The summed E-state index contributed by atoms with van der Waals surface area (Å²) in [5.74, 6) is 1.20. The Morgan fingerprint density at radius 3 is 3.00 bits per heavy atom. The Labute approximate surface area is 145 Å². The number of hydrogen-bond acceptors (Lipinski definition) is 5. The molecule has 2 aliphatic rings. The van der Waals surface area contributed by atoms with E-state index in [2.05, 4.69) is 5.16 Å². The first-order chi connectivity index (χ1) is 11.7. The Morgan fingerprint density at radius 2 is 2.17 bits per heavy atom. The van der Waals surface area contributed by atoms with Crippen molar-refractivity contribution in [3.05, 3.63) is 41.7 Å². The maximum Gasteiger partial charge on any atom is 0.292 e. The minimum atomic E-state index is -0.0574. The first kappa shape index (κ1) is 15.7. The molecule has 1 amide bonds. The summed E-state index contributed by atoms with van der Waals surface area (Å²) in [6.45, 7) is 4.24. The van der Waals surface area contributed by atoms with Crippen molar-refractivity contribution in [2.75, 3.05) is 25.5 Å². The van der Waals surface area contributed by atoms with Gasteiger partial charge >= 0.3 is 0 Å². The molecule has 0 radical (unpaired) electrons. The number of nitrogens with zero attached hydrogens (tertiary/aromatic N) is 2. The Morgan fingerprint density at radius 1 is 1.33 bits per heavy atom. The van der Waals surface area contributed by atoms with E-state index >= 15 is 0 Å². The molecule has 0 spiro atoms. The fraction of sp³-hybridized carbons (Fsp3) is 0.444. The van der Waals surface area contributed by atoms with Crippen LogP contribution in [0.1, 0.15) is 22.5 Å². The summed E-state index contributed by atoms with van der Waals surface area (Å²) in [5.41, 5.74) is 2.85. The van der Waals surface area contributed by atoms with Crippen molar-refractivity contribution < 1.29 is 14.1 Å². The number of rotatable bonds is 2. The topological polar surface area (TPSA) is 55.6 Å². The zero-order chi connectivity index (χ0) is 16.5. The average molecular weight is 344 g/mol. The molecule has 1 aromatic carbocycles. The number of carbonyl (C=O) groups excluding carboxylic acids is 1. The predicted octanol–water partition coefficient (Wildman–Crippen LogP) is 3.00. The molecule has 24 heavy (non-hydrogen) atoms. The second-order valence-corrected chi connectivity index (χ2v) is 7.63. The van der Waals surface area contributed by atoms with Crippen molar-refractivity contribution in [2.45, 2.75) is 24.6 Å². The molecule has 126 valence electrons. The molecule has 4 rings (SSSR count). The van der Waals surface area contributed by atoms with Crippen molar-refractivity contribution >= 4 is 17.7 Å². The number of thioether (sulfide) groups is 1. The Kier molecular flexibility index (Phi) is 4.33. The van der Waals surface area contributed by atoms with E-state index in [1.165, 1.54) is 5.56 Å². The number of ether oxygens (including phenoxy) is 1. The molecule has 2 atom stereocenters. The second kappa shape index (κ2) is 6.61. The summed E-state index contributed by atoms with van der Waals surface area (Å²) in [7, 11) is 0. The van der Waals surface area contributed by atoms with Crippen LogP contribution in [0.5, 0.6) is 0 Å². The predicted molar refractivity (Wildman–Crippen MR) is 93.2 cm³/mol. The number of hydrogen-bond donors (Lipinski definition) is 0. The molecule has 2 aromatic rings. The molecule has 0 aliphatic carbocycles. The van der Waals surface area contributed by atoms with E-state index in [9.17, 15) is 4.79 Å². The summed E-state index contributed by atoms with van der Waals surface area (Å²) in [6.07, 6.45) is 0.891. The number of aromatic nitrogens is 1. The van der Waals surface area contributed by atoms with Crippen LogP contribution in [0.3, 0.4) is 0 Å². The van der Waals surface area contributed by atoms with Crippen LogP contribution in [0.2, 0.25) is 0 Å². The van der Waals surface area contributed by atoms with Gasteiger partial charge in [0.1, 0.15) is 5.69 Å². The third-order valence-electron chi connectivity index (χ3n) is 4.66. The van der Waals surface area contributed by atoms with Gasteiger partial charge in [-0.1, -0.05) is 35.0 Å². The summed E-state index contributed by atoms with van der Waals surface area (Å²) in [5, 5.41) is 4.45. The maximum atomic E-state index is 12.9. The van der Waals surface area contributed by atoms with Crippen LogP contribution in [0.15, 0.2) is 34.9 Å². The van der Waals surface area contributed by atoms with E-state index in [4.69, 9.17) is 9.26 Å². The summed E-state index contributed by atoms with van der Waals surface area (Å²) in [6, 6.07) is 10.0. The molecule has 0 unspecified atom stereocenters. The Balaban J connectivity index is 1.55. The molecule has 0 N–H and O–H groups in total. The second-order valence-electron chi connectivity index (χ2n) is 6.28. The standard InChI is InChI=1S/C18H20N2O3S/c1-12-2-4-13(5-3-12)14-10-16(23-19-14)18(21)20-7-9-24-17-11-22-8-6-15(17)20/h2-5,10,15,17H,6-9,11H2,1H3/t15-,17-/m0/s1. The molecule has 3 heterocycles. The van der Waals surface area contributed by atoms with Crippen LogP contribution in [0, 0.1) is 6.92 Å². The molecule has 6 heteroatoms. The highest BCUT2D eigenvalue weighted by Crippen LogP contribution is 2.31. The Bertz CT molecular complexity index is 726. The van der Waals surface area contributed by atoms with Crippen LogP contribution in [-0.4, -0.2) is 52.8 Å². The number of carbonyl (C=O) groups is 1. The lowest BCUT2D eigenvalue weighted by Gasteiger charge is -2.42. The van der Waals surface area contributed by atoms with Gasteiger partial charge in [0.05, 0.1) is 6.61 Å². The van der Waals surface area contributed by atoms with Crippen LogP contribution < -0.4 is 0 Å². The number of benzene rings is 1. The lowest BCUT2D eigenvalue weighted by molar-refractivity contribution is 0.0296. The van der Waals surface area contributed by atoms with Crippen LogP contribution in [-0.2, 0) is 4.74 Å². The molecule has 2 aliphatic heterocycles. The smallest absolute Gasteiger partial charge is 0.292 e. The van der Waals surface area contributed by atoms with Crippen molar-refractivity contribution in [1.82, 2.24) is 10.1 Å². The molecule has 2 fully saturated rings. The van der Waals surface area contributed by atoms with Gasteiger partial charge in [0.25, 0.3) is 5.91 Å². The largest absolute Gasteiger partial charge is 0.380 e. The third-order valence-corrected chi connectivity index (χ3v) is 5.96. The molecule has 0 saturated carbocycles. The van der Waals surface area contributed by atoms with Crippen molar-refractivity contribution in [2.24, 2.45) is 0 Å². The molecular formula is C18H20N2O3S. The molecule has 0 bridgehead atoms. The molecular weight excluding hydrogens is 324 g/mol. The minimum absolute atomic E-state index is 0.0574. The highest BCUT2D eigenvalue weighted by molar-refractivity contribution is 8.00. The minimum Gasteiger partial charge on any atom is -0.380 e. The number of amides is 1. The summed E-state index contributed by atoms with van der Waals surface area (Å²) >= 11 is 1.90. The van der Waals surface area contributed by atoms with Gasteiger partial charge < -0.3 is 14.2 Å². The fourth-order valence-electron chi connectivity index (χ4n) is 3.31. The van der Waals surface area contributed by atoms with E-state index in [1.54, 1.807) is 6.07 Å². The summed E-state index contributed by atoms with van der Waals surface area (Å²) in [4.78, 5) is 14.8. The summed E-state index contributed by atoms with van der Waals surface area (Å²) < 4.78 is 10.9. The van der Waals surface area contributed by atoms with E-state index < -0.39 is 0 Å². The highest BCUT2D eigenvalue weighted by atomic mass is 32.2. The van der Waals surface area contributed by atoms with Gasteiger partial charge in [0.15, 0.2) is 0 Å². The van der Waals surface area contributed by atoms with Crippen LogP contribution in [0.4, 0.5) is 0 Å². The highest BCUT2D eigenvalue weighted by Gasteiger charge is 2.38. The van der Waals surface area contributed by atoms with Gasteiger partial charge in [-0.05, 0) is 13.3 Å². The van der Waals surface area contributed by atoms with Crippen molar-refractivity contribution in [3.63, 3.8) is 0 Å². The van der Waals surface area contributed by atoms with Crippen molar-refractivity contribution in [3.8, 4) is 11.3 Å². The fourth-order valence-corrected chi connectivity index (χ4v) is 4.62. The van der Waals surface area contributed by atoms with Gasteiger partial charge in [-0.25, -0.2) is 0 Å². The van der Waals surface area contributed by atoms with Gasteiger partial charge in [0.2, 0.25) is 5.76 Å². The normalized spacial score (nSPS) is 23.8.